The molecule has 13 nitrogen and oxygen atoms in total. The van der Waals surface area contributed by atoms with Crippen molar-refractivity contribution >= 4 is 28.7 Å². The molecule has 0 saturated carbocycles. The molecule has 0 saturated heterocycles. The van der Waals surface area contributed by atoms with Crippen molar-refractivity contribution in [3.05, 3.63) is 54.2 Å². The molecule has 2 aromatic heterocycles. The number of aryl methyl sites for hydroxylation is 1. The average Bonchev–Trinajstić information content (AvgIpc) is 3.57. The molecule has 0 aliphatic rings. The molecule has 5 N–H and O–H groups in total. The Morgan fingerprint density at radius 2 is 1.90 bits per heavy atom. The number of imidazole rings is 1. The molecule has 0 bridgehead atoms. The molecule has 2 heterocycles. The lowest BCUT2D eigenvalue weighted by Crippen LogP contribution is -2.48. The van der Waals surface area contributed by atoms with Gasteiger partial charge in [-0.05, 0) is 24.6 Å². The summed E-state index contributed by atoms with van der Waals surface area (Å²) in [5.74, 6) is -1.48. The van der Waals surface area contributed by atoms with E-state index in [0.29, 0.717) is 13.1 Å². The van der Waals surface area contributed by atoms with Crippen LogP contribution in [0.2, 0.25) is 0 Å². The van der Waals surface area contributed by atoms with Crippen LogP contribution >= 0.6 is 0 Å². The molecule has 3 rings (SSSR count). The number of rotatable bonds is 19. The minimum atomic E-state index is -0.916. The van der Waals surface area contributed by atoms with Gasteiger partial charge in [-0.1, -0.05) is 18.2 Å². The summed E-state index contributed by atoms with van der Waals surface area (Å²) in [5, 5.41) is 17.3. The van der Waals surface area contributed by atoms with Crippen LogP contribution in [-0.4, -0.2) is 95.5 Å². The van der Waals surface area contributed by atoms with Gasteiger partial charge in [0.25, 0.3) is 0 Å². The normalized spacial score (nSPS) is 12.1. The van der Waals surface area contributed by atoms with E-state index < -0.39 is 12.0 Å². The van der Waals surface area contributed by atoms with Crippen LogP contribution in [0.3, 0.4) is 0 Å². The van der Waals surface area contributed by atoms with E-state index in [1.54, 1.807) is 6.20 Å². The Balaban J connectivity index is 1.52. The number of carboxylic acids is 1. The predicted molar refractivity (Wildman–Crippen MR) is 148 cm³/mol. The van der Waals surface area contributed by atoms with Crippen molar-refractivity contribution < 1.29 is 29.0 Å². The van der Waals surface area contributed by atoms with E-state index in [9.17, 15) is 14.4 Å². The van der Waals surface area contributed by atoms with Gasteiger partial charge in [-0.3, -0.25) is 19.8 Å². The number of carboxylic acid groups (broad SMARTS) is 1. The summed E-state index contributed by atoms with van der Waals surface area (Å²) >= 11 is 0. The van der Waals surface area contributed by atoms with E-state index >= 15 is 0 Å². The summed E-state index contributed by atoms with van der Waals surface area (Å²) in [4.78, 5) is 43.4. The largest absolute Gasteiger partial charge is 0.481 e. The van der Waals surface area contributed by atoms with Gasteiger partial charge >= 0.3 is 5.97 Å². The van der Waals surface area contributed by atoms with Crippen LogP contribution in [0.4, 0.5) is 0 Å². The summed E-state index contributed by atoms with van der Waals surface area (Å²) < 4.78 is 12.7. The number of aromatic nitrogens is 3. The highest BCUT2D eigenvalue weighted by atomic mass is 16.5. The molecule has 1 aromatic carbocycles. The van der Waals surface area contributed by atoms with Crippen molar-refractivity contribution in [3.8, 4) is 0 Å². The molecule has 2 amide bonds. The number of amides is 2. The van der Waals surface area contributed by atoms with Crippen LogP contribution in [0.1, 0.15) is 24.2 Å². The number of benzene rings is 1. The second kappa shape index (κ2) is 16.4. The Morgan fingerprint density at radius 3 is 2.62 bits per heavy atom. The third kappa shape index (κ3) is 10.1. The number of nitrogens with zero attached hydrogens (tertiary/aromatic N) is 3. The monoisotopic (exact) mass is 557 g/mol. The fraction of sp³-hybridized carbons (Fsp3) is 0.481. The molecule has 0 aliphatic carbocycles. The van der Waals surface area contributed by atoms with Gasteiger partial charge in [-0.25, -0.2) is 9.99 Å². The first-order chi connectivity index (χ1) is 19.4. The lowest BCUT2D eigenvalue weighted by atomic mass is 10.1. The van der Waals surface area contributed by atoms with Crippen LogP contribution in [-0.2, 0) is 43.4 Å². The first-order valence-electron chi connectivity index (χ1n) is 13.2. The zero-order valence-corrected chi connectivity index (χ0v) is 23.0. The molecule has 3 aromatic rings. The van der Waals surface area contributed by atoms with Crippen molar-refractivity contribution in [1.29, 1.82) is 0 Å². The zero-order chi connectivity index (χ0) is 28.7. The fourth-order valence-corrected chi connectivity index (χ4v) is 4.14. The lowest BCUT2D eigenvalue weighted by molar-refractivity contribution is -0.138. The molecular formula is C27H39N7O6. The number of aliphatic carboxylic acids is 1. The van der Waals surface area contributed by atoms with Gasteiger partial charge in [0.2, 0.25) is 11.8 Å². The topological polar surface area (TPSA) is 163 Å². The highest BCUT2D eigenvalue weighted by Gasteiger charge is 2.22. The summed E-state index contributed by atoms with van der Waals surface area (Å²) in [5.41, 5.74) is 5.95. The van der Waals surface area contributed by atoms with Gasteiger partial charge in [0, 0.05) is 56.1 Å². The quantitative estimate of drug-likeness (QED) is 0.105. The van der Waals surface area contributed by atoms with Gasteiger partial charge in [-0.2, -0.15) is 0 Å². The highest BCUT2D eigenvalue weighted by molar-refractivity contribution is 5.88. The van der Waals surface area contributed by atoms with Crippen LogP contribution in [0.15, 0.2) is 42.9 Å². The van der Waals surface area contributed by atoms with Crippen molar-refractivity contribution in [2.75, 3.05) is 47.1 Å². The van der Waals surface area contributed by atoms with Gasteiger partial charge in [0.1, 0.15) is 6.04 Å². The molecular weight excluding hydrogens is 518 g/mol. The number of fused-ring (bicyclic) bond motifs is 1. The molecule has 0 spiro atoms. The first kappa shape index (κ1) is 30.8. The number of hydrazine groups is 1. The molecule has 0 radical (unpaired) electrons. The molecule has 13 heteroatoms. The summed E-state index contributed by atoms with van der Waals surface area (Å²) in [6.45, 7) is 2.30. The maximum Gasteiger partial charge on any atom is 0.305 e. The summed E-state index contributed by atoms with van der Waals surface area (Å²) in [6, 6.07) is 9.39. The summed E-state index contributed by atoms with van der Waals surface area (Å²) in [7, 11) is 3.81. The lowest BCUT2D eigenvalue weighted by Gasteiger charge is -2.19. The smallest absolute Gasteiger partial charge is 0.305 e. The second-order valence-electron chi connectivity index (χ2n) is 9.24. The second-order valence-corrected chi connectivity index (χ2v) is 9.24. The van der Waals surface area contributed by atoms with Crippen molar-refractivity contribution in [1.82, 2.24) is 35.6 Å². The Bertz CT molecular complexity index is 1210. The van der Waals surface area contributed by atoms with Gasteiger partial charge in [-0.15, -0.1) is 0 Å². The third-order valence-corrected chi connectivity index (χ3v) is 6.25. The molecule has 1 atom stereocenters. The SMILES string of the molecule is CNN(C)Cc1cc2ccccc2n1CCC(=O)NC(Cc1cnc[nH]1)C(=O)NCCOCCOCCC(=O)O. The Hall–Kier alpha value is -3.78. The number of carbonyl (C=O) groups is 3. The van der Waals surface area contributed by atoms with E-state index in [1.807, 2.05) is 37.3 Å². The van der Waals surface area contributed by atoms with Crippen molar-refractivity contribution in [2.45, 2.75) is 38.4 Å². The minimum Gasteiger partial charge on any atom is -0.481 e. The number of aromatic amines is 1. The minimum absolute atomic E-state index is 0.0592. The third-order valence-electron chi connectivity index (χ3n) is 6.25. The molecule has 1 unspecified atom stereocenters. The molecule has 40 heavy (non-hydrogen) atoms. The number of ether oxygens (including phenoxy) is 2. The molecule has 0 aliphatic heterocycles. The number of para-hydroxylation sites is 1. The van der Waals surface area contributed by atoms with E-state index in [0.717, 1.165) is 22.3 Å². The maximum atomic E-state index is 13.0. The average molecular weight is 558 g/mol. The molecule has 218 valence electrons. The van der Waals surface area contributed by atoms with E-state index in [4.69, 9.17) is 14.6 Å². The Kier molecular flexibility index (Phi) is 12.6. The van der Waals surface area contributed by atoms with Crippen LogP contribution in [0, 0.1) is 0 Å². The number of H-pyrrole nitrogens is 1. The van der Waals surface area contributed by atoms with E-state index in [1.165, 1.54) is 6.33 Å². The van der Waals surface area contributed by atoms with Crippen LogP contribution < -0.4 is 16.1 Å². The predicted octanol–water partition coefficient (Wildman–Crippen LogP) is 0.672. The van der Waals surface area contributed by atoms with Gasteiger partial charge in [0.15, 0.2) is 0 Å². The first-order valence-corrected chi connectivity index (χ1v) is 13.2. The Labute approximate surface area is 233 Å². The number of hydrogen-bond donors (Lipinski definition) is 5. The highest BCUT2D eigenvalue weighted by Crippen LogP contribution is 2.21. The zero-order valence-electron chi connectivity index (χ0n) is 23.0. The van der Waals surface area contributed by atoms with E-state index in [-0.39, 0.29) is 64.0 Å². The fourth-order valence-electron chi connectivity index (χ4n) is 4.14. The van der Waals surface area contributed by atoms with Gasteiger partial charge in [0.05, 0.1) is 45.7 Å². The van der Waals surface area contributed by atoms with E-state index in [2.05, 4.69) is 42.7 Å². The summed E-state index contributed by atoms with van der Waals surface area (Å²) in [6.07, 6.45) is 3.55. The Morgan fingerprint density at radius 1 is 1.12 bits per heavy atom. The maximum absolute atomic E-state index is 13.0. The van der Waals surface area contributed by atoms with Gasteiger partial charge < -0.3 is 34.8 Å². The van der Waals surface area contributed by atoms with Crippen molar-refractivity contribution in [2.24, 2.45) is 0 Å². The number of carbonyl (C=O) groups excluding carboxylic acids is 2. The molecule has 0 fully saturated rings. The number of hydrogen-bond acceptors (Lipinski definition) is 8. The van der Waals surface area contributed by atoms with Crippen molar-refractivity contribution in [3.63, 3.8) is 0 Å². The number of nitrogens with one attached hydrogen (secondary N) is 4. The van der Waals surface area contributed by atoms with Crippen LogP contribution in [0.25, 0.3) is 10.9 Å². The standard InChI is InChI=1S/C27H39N7O6/c1-28-33(2)18-22-15-20-5-3-4-6-24(20)34(22)10-7-25(35)32-23(16-21-17-29-19-31-21)27(38)30-9-12-40-14-13-39-11-8-26(36)37/h3-6,15,17,19,23,28H,7-14,16,18H2,1-2H3,(H,29,31)(H,30,38)(H,32,35)(H,36,37). The van der Waals surface area contributed by atoms with Crippen LogP contribution in [0.5, 0.6) is 0 Å².